The molecule has 0 unspecified atom stereocenters. The fourth-order valence-electron chi connectivity index (χ4n) is 2.34. The normalized spacial score (nSPS) is 17.8. The van der Waals surface area contributed by atoms with Crippen LogP contribution in [0.2, 0.25) is 5.15 Å². The second kappa shape index (κ2) is 5.65. The molecule has 1 aromatic heterocycles. The Bertz CT molecular complexity index is 344. The van der Waals surface area contributed by atoms with Gasteiger partial charge in [-0.2, -0.15) is 0 Å². The van der Waals surface area contributed by atoms with Crippen molar-refractivity contribution in [2.75, 3.05) is 38.6 Å². The lowest BCUT2D eigenvalue weighted by Gasteiger charge is -2.33. The maximum atomic E-state index is 5.73. The van der Waals surface area contributed by atoms with Crippen LogP contribution in [-0.4, -0.2) is 48.8 Å². The molecule has 2 heterocycles. The topological polar surface area (TPSA) is 32.3 Å². The lowest BCUT2D eigenvalue weighted by molar-refractivity contribution is 0.284. The molecule has 0 spiro atoms. The van der Waals surface area contributed by atoms with Crippen LogP contribution in [0.15, 0.2) is 12.1 Å². The van der Waals surface area contributed by atoms with E-state index in [4.69, 9.17) is 11.6 Å². The van der Waals surface area contributed by atoms with Crippen molar-refractivity contribution in [3.05, 3.63) is 17.3 Å². The van der Waals surface area contributed by atoms with Crippen molar-refractivity contribution < 1.29 is 0 Å². The van der Waals surface area contributed by atoms with Crippen LogP contribution >= 0.6 is 11.6 Å². The van der Waals surface area contributed by atoms with E-state index in [2.05, 4.69) is 34.1 Å². The minimum Gasteiger partial charge on any atom is -0.355 e. The highest BCUT2D eigenvalue weighted by molar-refractivity contribution is 6.29. The molecule has 94 valence electrons. The van der Waals surface area contributed by atoms with Crippen molar-refractivity contribution in [1.82, 2.24) is 15.1 Å². The van der Waals surface area contributed by atoms with E-state index in [1.54, 1.807) is 6.07 Å². The van der Waals surface area contributed by atoms with Crippen LogP contribution in [0.1, 0.15) is 12.8 Å². The molecule has 0 atom stereocenters. The van der Waals surface area contributed by atoms with Crippen molar-refractivity contribution >= 4 is 17.4 Å². The molecule has 0 bridgehead atoms. The van der Waals surface area contributed by atoms with Gasteiger partial charge in [0.1, 0.15) is 0 Å². The number of hydrogen-bond acceptors (Lipinski definition) is 4. The number of anilines is 1. The van der Waals surface area contributed by atoms with Gasteiger partial charge in [-0.05, 0) is 45.0 Å². The third-order valence-corrected chi connectivity index (χ3v) is 3.38. The number of piperidine rings is 1. The summed E-state index contributed by atoms with van der Waals surface area (Å²) in [5.41, 5.74) is 0. The summed E-state index contributed by atoms with van der Waals surface area (Å²) in [6, 6.07) is 3.75. The van der Waals surface area contributed by atoms with Gasteiger partial charge in [0.2, 0.25) is 0 Å². The maximum absolute atomic E-state index is 5.73. The van der Waals surface area contributed by atoms with Crippen molar-refractivity contribution in [3.8, 4) is 0 Å². The van der Waals surface area contributed by atoms with Gasteiger partial charge in [-0.1, -0.05) is 11.6 Å². The molecule has 4 nitrogen and oxygen atoms in total. The highest BCUT2D eigenvalue weighted by Gasteiger charge is 2.20. The molecular formula is C12H19ClN4. The summed E-state index contributed by atoms with van der Waals surface area (Å²) >= 11 is 5.73. The Balaban J connectivity index is 1.88. The van der Waals surface area contributed by atoms with Crippen LogP contribution in [0.5, 0.6) is 0 Å². The molecule has 0 aliphatic carbocycles. The largest absolute Gasteiger partial charge is 0.355 e. The summed E-state index contributed by atoms with van der Waals surface area (Å²) in [6.07, 6.45) is 2.45. The van der Waals surface area contributed by atoms with Gasteiger partial charge in [-0.3, -0.25) is 0 Å². The Hall–Kier alpha value is -0.870. The molecule has 0 radical (unpaired) electrons. The number of rotatable bonds is 3. The Morgan fingerprint density at radius 2 is 2.00 bits per heavy atom. The zero-order valence-corrected chi connectivity index (χ0v) is 11.2. The Morgan fingerprint density at radius 3 is 2.53 bits per heavy atom. The molecule has 1 fully saturated rings. The second-order valence-electron chi connectivity index (χ2n) is 4.91. The van der Waals surface area contributed by atoms with Crippen molar-refractivity contribution in [2.45, 2.75) is 12.8 Å². The second-order valence-corrected chi connectivity index (χ2v) is 5.29. The maximum Gasteiger partial charge on any atom is 0.151 e. The van der Waals surface area contributed by atoms with Gasteiger partial charge in [0.05, 0.1) is 0 Å². The first kappa shape index (κ1) is 12.6. The molecule has 17 heavy (non-hydrogen) atoms. The monoisotopic (exact) mass is 254 g/mol. The molecule has 0 saturated carbocycles. The molecule has 1 aliphatic rings. The first-order valence-corrected chi connectivity index (χ1v) is 6.42. The molecule has 0 N–H and O–H groups in total. The van der Waals surface area contributed by atoms with E-state index in [9.17, 15) is 0 Å². The summed E-state index contributed by atoms with van der Waals surface area (Å²) < 4.78 is 0. The van der Waals surface area contributed by atoms with E-state index in [1.807, 2.05) is 6.07 Å². The predicted octanol–water partition coefficient (Wildman–Crippen LogP) is 1.91. The van der Waals surface area contributed by atoms with E-state index in [-0.39, 0.29) is 0 Å². The number of halogens is 1. The zero-order valence-electron chi connectivity index (χ0n) is 10.4. The Labute approximate surface area is 108 Å². The molecule has 1 aliphatic heterocycles. The summed E-state index contributed by atoms with van der Waals surface area (Å²) in [4.78, 5) is 4.55. The Kier molecular flexibility index (Phi) is 4.18. The van der Waals surface area contributed by atoms with Crippen molar-refractivity contribution in [1.29, 1.82) is 0 Å². The molecule has 0 aromatic carbocycles. The van der Waals surface area contributed by atoms with Gasteiger partial charge >= 0.3 is 0 Å². The minimum atomic E-state index is 0.455. The highest BCUT2D eigenvalue weighted by Crippen LogP contribution is 2.22. The van der Waals surface area contributed by atoms with Crippen LogP contribution in [0.25, 0.3) is 0 Å². The molecule has 1 aromatic rings. The standard InChI is InChI=1S/C12H19ClN4/c1-16(2)9-10-5-7-17(8-6-10)12-4-3-11(13)14-15-12/h3-4,10H,5-9H2,1-2H3. The lowest BCUT2D eigenvalue weighted by atomic mass is 9.96. The van der Waals surface area contributed by atoms with Crippen LogP contribution in [0.3, 0.4) is 0 Å². The summed E-state index contributed by atoms with van der Waals surface area (Å²) in [5, 5.41) is 8.46. The molecule has 2 rings (SSSR count). The highest BCUT2D eigenvalue weighted by atomic mass is 35.5. The SMILES string of the molecule is CN(C)CC1CCN(c2ccc(Cl)nn2)CC1. The number of nitrogens with zero attached hydrogens (tertiary/aromatic N) is 4. The van der Waals surface area contributed by atoms with E-state index in [1.165, 1.54) is 19.4 Å². The first-order chi connectivity index (χ1) is 8.15. The summed E-state index contributed by atoms with van der Waals surface area (Å²) in [5.74, 6) is 1.75. The molecule has 1 saturated heterocycles. The van der Waals surface area contributed by atoms with Crippen molar-refractivity contribution in [2.24, 2.45) is 5.92 Å². The Morgan fingerprint density at radius 1 is 1.29 bits per heavy atom. The minimum absolute atomic E-state index is 0.455. The van der Waals surface area contributed by atoms with E-state index in [0.717, 1.165) is 24.8 Å². The number of hydrogen-bond donors (Lipinski definition) is 0. The van der Waals surface area contributed by atoms with E-state index >= 15 is 0 Å². The molecular weight excluding hydrogens is 236 g/mol. The average Bonchev–Trinajstić information content (AvgIpc) is 2.30. The van der Waals surface area contributed by atoms with Gasteiger partial charge in [0.25, 0.3) is 0 Å². The zero-order chi connectivity index (χ0) is 12.3. The van der Waals surface area contributed by atoms with Crippen LogP contribution in [0, 0.1) is 5.92 Å². The van der Waals surface area contributed by atoms with E-state index < -0.39 is 0 Å². The van der Waals surface area contributed by atoms with Crippen molar-refractivity contribution in [3.63, 3.8) is 0 Å². The predicted molar refractivity (Wildman–Crippen MR) is 70.5 cm³/mol. The van der Waals surface area contributed by atoms with Gasteiger partial charge in [-0.25, -0.2) is 0 Å². The summed E-state index contributed by atoms with van der Waals surface area (Å²) in [6.45, 7) is 3.31. The van der Waals surface area contributed by atoms with E-state index in [0.29, 0.717) is 5.15 Å². The molecule has 0 amide bonds. The van der Waals surface area contributed by atoms with Gasteiger partial charge in [0, 0.05) is 19.6 Å². The van der Waals surface area contributed by atoms with Gasteiger partial charge in [0.15, 0.2) is 11.0 Å². The van der Waals surface area contributed by atoms with Crippen LogP contribution in [-0.2, 0) is 0 Å². The average molecular weight is 255 g/mol. The quantitative estimate of drug-likeness (QED) is 0.825. The van der Waals surface area contributed by atoms with Gasteiger partial charge in [-0.15, -0.1) is 10.2 Å². The third-order valence-electron chi connectivity index (χ3n) is 3.18. The lowest BCUT2D eigenvalue weighted by Crippen LogP contribution is -2.37. The first-order valence-electron chi connectivity index (χ1n) is 6.04. The number of aromatic nitrogens is 2. The summed E-state index contributed by atoms with van der Waals surface area (Å²) in [7, 11) is 4.27. The molecule has 5 heteroatoms. The smallest absolute Gasteiger partial charge is 0.151 e. The fraction of sp³-hybridized carbons (Fsp3) is 0.667. The van der Waals surface area contributed by atoms with Gasteiger partial charge < -0.3 is 9.80 Å². The van der Waals surface area contributed by atoms with Crippen LogP contribution < -0.4 is 4.90 Å². The third kappa shape index (κ3) is 3.54. The van der Waals surface area contributed by atoms with Crippen LogP contribution in [0.4, 0.5) is 5.82 Å². The fourth-order valence-corrected chi connectivity index (χ4v) is 2.44.